The molecule has 3 N–H and O–H groups in total. The van der Waals surface area contributed by atoms with Crippen molar-refractivity contribution in [3.05, 3.63) is 0 Å². The molecule has 5 atom stereocenters. The number of hydrogen-bond acceptors (Lipinski definition) is 15. The van der Waals surface area contributed by atoms with E-state index >= 15 is 0 Å². The van der Waals surface area contributed by atoms with Crippen molar-refractivity contribution in [3.63, 3.8) is 0 Å². The minimum absolute atomic E-state index is 0.103. The molecule has 0 amide bonds. The van der Waals surface area contributed by atoms with Crippen LogP contribution in [0.25, 0.3) is 0 Å². The fraction of sp³-hybridized carbons (Fsp3) is 0.943. The van der Waals surface area contributed by atoms with E-state index in [-0.39, 0.29) is 25.7 Å². The Bertz CT molecular complexity index is 1750. The van der Waals surface area contributed by atoms with Gasteiger partial charge >= 0.3 is 39.5 Å². The summed E-state index contributed by atoms with van der Waals surface area (Å²) in [4.78, 5) is 72.5. The molecule has 0 aromatic carbocycles. The Morgan fingerprint density at radius 1 is 0.303 bits per heavy atom. The van der Waals surface area contributed by atoms with Gasteiger partial charge in [-0.25, -0.2) is 9.13 Å². The van der Waals surface area contributed by atoms with Crippen LogP contribution >= 0.6 is 15.6 Å². The fourth-order valence-corrected chi connectivity index (χ4v) is 12.1. The second-order valence-electron chi connectivity index (χ2n) is 26.7. The zero-order valence-corrected chi connectivity index (χ0v) is 59.7. The van der Waals surface area contributed by atoms with Crippen LogP contribution in [0, 0.1) is 17.8 Å². The van der Waals surface area contributed by atoms with Crippen LogP contribution in [0.5, 0.6) is 0 Å². The molecule has 17 nitrogen and oxygen atoms in total. The number of esters is 4. The summed E-state index contributed by atoms with van der Waals surface area (Å²) in [5, 5.41) is 10.6. The molecular formula is C70H136O17P2. The van der Waals surface area contributed by atoms with Crippen LogP contribution in [0.3, 0.4) is 0 Å². The molecule has 0 bridgehead atoms. The van der Waals surface area contributed by atoms with Crippen molar-refractivity contribution >= 4 is 39.5 Å². The SMILES string of the molecule is CCCCCCCCCCCCC(=O)OC[C@H](COP(=O)(O)OC[C@H](O)COP(=O)(O)OC[C@@H](COC(=O)CCCCCCCCCCCCC(C)C)OC(=O)CCCCCCCCCCCCCCCC(C)C)OC(=O)CCCCCCCCCC(C)C. The van der Waals surface area contributed by atoms with Crippen LogP contribution in [0.2, 0.25) is 0 Å². The minimum atomic E-state index is -4.95. The Hall–Kier alpha value is -1.94. The lowest BCUT2D eigenvalue weighted by atomic mass is 10.0. The van der Waals surface area contributed by atoms with Crippen molar-refractivity contribution in [2.45, 2.75) is 369 Å². The lowest BCUT2D eigenvalue weighted by molar-refractivity contribution is -0.161. The van der Waals surface area contributed by atoms with E-state index in [1.165, 1.54) is 161 Å². The van der Waals surface area contributed by atoms with Gasteiger partial charge in [-0.3, -0.25) is 37.3 Å². The molecule has 2 unspecified atom stereocenters. The molecule has 0 aromatic heterocycles. The van der Waals surface area contributed by atoms with Gasteiger partial charge in [0.15, 0.2) is 12.2 Å². The topological polar surface area (TPSA) is 237 Å². The molecule has 0 aliphatic heterocycles. The average molecular weight is 1310 g/mol. The van der Waals surface area contributed by atoms with Gasteiger partial charge in [0.1, 0.15) is 19.3 Å². The Balaban J connectivity index is 5.24. The first-order chi connectivity index (χ1) is 42.7. The van der Waals surface area contributed by atoms with Crippen LogP contribution in [-0.2, 0) is 65.4 Å². The maximum Gasteiger partial charge on any atom is 0.472 e. The lowest BCUT2D eigenvalue weighted by Crippen LogP contribution is -2.30. The van der Waals surface area contributed by atoms with Gasteiger partial charge in [-0.2, -0.15) is 0 Å². The molecule has 0 saturated heterocycles. The molecule has 528 valence electrons. The van der Waals surface area contributed by atoms with E-state index in [0.717, 1.165) is 102 Å². The number of unbranched alkanes of at least 4 members (excludes halogenated alkanes) is 36. The predicted octanol–water partition coefficient (Wildman–Crippen LogP) is 19.8. The van der Waals surface area contributed by atoms with Crippen molar-refractivity contribution in [1.82, 2.24) is 0 Å². The van der Waals surface area contributed by atoms with Gasteiger partial charge in [0, 0.05) is 25.7 Å². The van der Waals surface area contributed by atoms with Crippen molar-refractivity contribution < 1.29 is 80.2 Å². The third-order valence-electron chi connectivity index (χ3n) is 16.1. The van der Waals surface area contributed by atoms with Crippen molar-refractivity contribution in [1.29, 1.82) is 0 Å². The normalized spacial score (nSPS) is 14.2. The summed E-state index contributed by atoms with van der Waals surface area (Å²) in [6, 6.07) is 0. The molecule has 0 rings (SSSR count). The molecule has 0 aliphatic rings. The van der Waals surface area contributed by atoms with Gasteiger partial charge < -0.3 is 33.8 Å². The molecule has 0 aromatic rings. The summed E-state index contributed by atoms with van der Waals surface area (Å²) >= 11 is 0. The van der Waals surface area contributed by atoms with Crippen LogP contribution in [0.15, 0.2) is 0 Å². The Kier molecular flexibility index (Phi) is 59.6. The standard InChI is InChI=1S/C70H136O17P2/c1-8-9-10-11-12-13-23-30-37-44-51-67(72)80-58-66(87-70(75)54-47-40-33-26-29-36-43-50-63(6)7)60-85-89(78,79)83-56-64(71)55-82-88(76,77)84-59-65(57-81-68(73)52-45-38-31-24-20-19-22-28-35-42-49-62(4)5)86-69(74)53-46-39-32-25-18-16-14-15-17-21-27-34-41-48-61(2)3/h61-66,71H,8-60H2,1-7H3,(H,76,77)(H,78,79)/t64-,65-,66-/m1/s1. The van der Waals surface area contributed by atoms with E-state index in [4.69, 9.17) is 37.0 Å². The summed E-state index contributed by atoms with van der Waals surface area (Å²) < 4.78 is 68.2. The first-order valence-electron chi connectivity index (χ1n) is 36.3. The highest BCUT2D eigenvalue weighted by Gasteiger charge is 2.30. The highest BCUT2D eigenvalue weighted by Crippen LogP contribution is 2.45. The summed E-state index contributed by atoms with van der Waals surface area (Å²) in [7, 11) is -9.90. The summed E-state index contributed by atoms with van der Waals surface area (Å²) in [6.45, 7) is 11.8. The van der Waals surface area contributed by atoms with Crippen molar-refractivity contribution in [3.8, 4) is 0 Å². The molecular weight excluding hydrogens is 1170 g/mol. The first kappa shape index (κ1) is 87.1. The van der Waals surface area contributed by atoms with Gasteiger partial charge in [0.25, 0.3) is 0 Å². The maximum absolute atomic E-state index is 13.0. The number of phosphoric ester groups is 2. The summed E-state index contributed by atoms with van der Waals surface area (Å²) in [5.41, 5.74) is 0. The number of phosphoric acid groups is 2. The smallest absolute Gasteiger partial charge is 0.462 e. The minimum Gasteiger partial charge on any atom is -0.462 e. The van der Waals surface area contributed by atoms with Gasteiger partial charge in [0.05, 0.1) is 26.4 Å². The molecule has 0 radical (unpaired) electrons. The van der Waals surface area contributed by atoms with Gasteiger partial charge in [-0.15, -0.1) is 0 Å². The lowest BCUT2D eigenvalue weighted by Gasteiger charge is -2.21. The van der Waals surface area contributed by atoms with Gasteiger partial charge in [0.2, 0.25) is 0 Å². The van der Waals surface area contributed by atoms with E-state index < -0.39 is 97.5 Å². The third kappa shape index (κ3) is 64.6. The number of hydrogen-bond donors (Lipinski definition) is 3. The molecule has 19 heteroatoms. The molecule has 0 aliphatic carbocycles. The zero-order valence-electron chi connectivity index (χ0n) is 57.9. The van der Waals surface area contributed by atoms with Crippen molar-refractivity contribution in [2.24, 2.45) is 17.8 Å². The third-order valence-corrected chi connectivity index (χ3v) is 18.0. The van der Waals surface area contributed by atoms with E-state index in [2.05, 4.69) is 48.5 Å². The number of rotatable bonds is 68. The molecule has 89 heavy (non-hydrogen) atoms. The van der Waals surface area contributed by atoms with Crippen LogP contribution in [-0.4, -0.2) is 96.7 Å². The number of ether oxygens (including phenoxy) is 4. The maximum atomic E-state index is 13.0. The summed E-state index contributed by atoms with van der Waals surface area (Å²) in [5.74, 6) is 0.113. The number of aliphatic hydroxyl groups excluding tert-OH is 1. The predicted molar refractivity (Wildman–Crippen MR) is 358 cm³/mol. The quantitative estimate of drug-likeness (QED) is 0.0222. The second-order valence-corrected chi connectivity index (χ2v) is 29.6. The molecule has 0 heterocycles. The van der Waals surface area contributed by atoms with Crippen molar-refractivity contribution in [2.75, 3.05) is 39.6 Å². The monoisotopic (exact) mass is 1310 g/mol. The Morgan fingerprint density at radius 3 is 0.764 bits per heavy atom. The van der Waals surface area contributed by atoms with Crippen LogP contribution in [0.1, 0.15) is 350 Å². The van der Waals surface area contributed by atoms with E-state index in [1.54, 1.807) is 0 Å². The Labute approximate surface area is 543 Å². The van der Waals surface area contributed by atoms with Crippen LogP contribution < -0.4 is 0 Å². The highest BCUT2D eigenvalue weighted by molar-refractivity contribution is 7.47. The molecule has 0 saturated carbocycles. The number of carbonyl (C=O) groups is 4. The second kappa shape index (κ2) is 61.0. The molecule has 0 spiro atoms. The van der Waals surface area contributed by atoms with E-state index in [9.17, 15) is 43.2 Å². The number of aliphatic hydroxyl groups is 1. The summed E-state index contributed by atoms with van der Waals surface area (Å²) in [6.07, 6.45) is 44.5. The van der Waals surface area contributed by atoms with Gasteiger partial charge in [-0.05, 0) is 43.4 Å². The molecule has 0 fully saturated rings. The van der Waals surface area contributed by atoms with Crippen LogP contribution in [0.4, 0.5) is 0 Å². The zero-order chi connectivity index (χ0) is 65.9. The van der Waals surface area contributed by atoms with Gasteiger partial charge in [-0.1, -0.05) is 299 Å². The van der Waals surface area contributed by atoms with E-state index in [0.29, 0.717) is 31.6 Å². The fourth-order valence-electron chi connectivity index (χ4n) is 10.5. The van der Waals surface area contributed by atoms with E-state index in [1.807, 2.05) is 0 Å². The number of carbonyl (C=O) groups excluding carboxylic acids is 4. The first-order valence-corrected chi connectivity index (χ1v) is 39.3. The largest absolute Gasteiger partial charge is 0.472 e. The average Bonchev–Trinajstić information content (AvgIpc) is 3.70. The Morgan fingerprint density at radius 2 is 0.517 bits per heavy atom. The highest BCUT2D eigenvalue weighted by atomic mass is 31.2.